The lowest BCUT2D eigenvalue weighted by atomic mass is 10.1. The summed E-state index contributed by atoms with van der Waals surface area (Å²) in [6, 6.07) is 8.90. The molecule has 0 radical (unpaired) electrons. The largest absolute Gasteiger partial charge is 0.456 e. The summed E-state index contributed by atoms with van der Waals surface area (Å²) in [7, 11) is 0. The van der Waals surface area contributed by atoms with Crippen LogP contribution in [0.25, 0.3) is 0 Å². The minimum absolute atomic E-state index is 0.252. The van der Waals surface area contributed by atoms with Gasteiger partial charge in [0.25, 0.3) is 0 Å². The van der Waals surface area contributed by atoms with Crippen molar-refractivity contribution in [3.8, 4) is 17.9 Å². The maximum absolute atomic E-state index is 9.06. The Hall–Kier alpha value is -2.43. The maximum Gasteiger partial charge on any atom is 0.146 e. The van der Waals surface area contributed by atoms with Crippen molar-refractivity contribution in [2.45, 2.75) is 6.42 Å². The van der Waals surface area contributed by atoms with Gasteiger partial charge in [-0.2, -0.15) is 10.5 Å². The van der Waals surface area contributed by atoms with Crippen molar-refractivity contribution in [1.29, 1.82) is 10.5 Å². The fourth-order valence-electron chi connectivity index (χ4n) is 1.54. The van der Waals surface area contributed by atoms with Crippen LogP contribution >= 0.6 is 12.2 Å². The summed E-state index contributed by atoms with van der Waals surface area (Å²) in [5.41, 5.74) is 0.563. The molecule has 1 aliphatic rings. The zero-order chi connectivity index (χ0) is 13.0. The number of rotatable bonds is 2. The molecule has 0 aromatic heterocycles. The van der Waals surface area contributed by atoms with E-state index in [2.05, 4.69) is 0 Å². The summed E-state index contributed by atoms with van der Waals surface area (Å²) in [4.78, 5) is 0.841. The average Bonchev–Trinajstić information content (AvgIpc) is 2.41. The number of benzene rings is 1. The number of thiocarbonyl (C=S) groups is 1. The van der Waals surface area contributed by atoms with E-state index in [4.69, 9.17) is 27.5 Å². The van der Waals surface area contributed by atoms with Gasteiger partial charge < -0.3 is 4.74 Å². The first-order valence-electron chi connectivity index (χ1n) is 5.26. The Morgan fingerprint density at radius 1 is 1.17 bits per heavy atom. The van der Waals surface area contributed by atoms with E-state index in [1.807, 2.05) is 18.2 Å². The molecule has 0 spiro atoms. The second-order valence-corrected chi connectivity index (χ2v) is 4.14. The van der Waals surface area contributed by atoms with E-state index >= 15 is 0 Å². The molecule has 0 bridgehead atoms. The number of allylic oxidation sites excluding steroid dienone is 3. The topological polar surface area (TPSA) is 56.8 Å². The van der Waals surface area contributed by atoms with Crippen LogP contribution in [0.1, 0.15) is 17.5 Å². The molecule has 0 unspecified atom stereocenters. The zero-order valence-electron chi connectivity index (χ0n) is 9.38. The van der Waals surface area contributed by atoms with E-state index in [9.17, 15) is 0 Å². The summed E-state index contributed by atoms with van der Waals surface area (Å²) in [5, 5.41) is 18.0. The summed E-state index contributed by atoms with van der Waals surface area (Å²) in [5.74, 6) is 1.02. The summed E-state index contributed by atoms with van der Waals surface area (Å²) < 4.78 is 5.61. The smallest absolute Gasteiger partial charge is 0.146 e. The minimum atomic E-state index is 0.252. The van der Waals surface area contributed by atoms with Crippen molar-refractivity contribution in [1.82, 2.24) is 0 Å². The Morgan fingerprint density at radius 2 is 2.00 bits per heavy atom. The third-order valence-corrected chi connectivity index (χ3v) is 2.73. The van der Waals surface area contributed by atoms with Gasteiger partial charge in [-0.1, -0.05) is 18.3 Å². The Morgan fingerprint density at radius 3 is 2.61 bits per heavy atom. The van der Waals surface area contributed by atoms with Crippen molar-refractivity contribution in [3.05, 3.63) is 53.3 Å². The van der Waals surface area contributed by atoms with E-state index < -0.39 is 0 Å². The van der Waals surface area contributed by atoms with Gasteiger partial charge in [-0.3, -0.25) is 0 Å². The lowest BCUT2D eigenvalue weighted by molar-refractivity contribution is 0.440. The summed E-state index contributed by atoms with van der Waals surface area (Å²) >= 11 is 5.03. The van der Waals surface area contributed by atoms with E-state index in [1.165, 1.54) is 0 Å². The van der Waals surface area contributed by atoms with Crippen LogP contribution in [0.4, 0.5) is 0 Å². The van der Waals surface area contributed by atoms with Crippen LogP contribution in [0.2, 0.25) is 0 Å². The van der Waals surface area contributed by atoms with Crippen LogP contribution in [0.15, 0.2) is 42.2 Å². The third kappa shape index (κ3) is 2.45. The van der Waals surface area contributed by atoms with Gasteiger partial charge in [0.2, 0.25) is 0 Å². The fraction of sp³-hybridized carbons (Fsp3) is 0.0714. The van der Waals surface area contributed by atoms with Crippen LogP contribution in [-0.2, 0) is 0 Å². The van der Waals surface area contributed by atoms with Crippen LogP contribution in [-0.4, -0.2) is 4.86 Å². The number of nitrogens with zero attached hydrogens (tertiary/aromatic N) is 2. The van der Waals surface area contributed by atoms with E-state index in [0.29, 0.717) is 23.5 Å². The predicted molar refractivity (Wildman–Crippen MR) is 70.9 cm³/mol. The second kappa shape index (κ2) is 5.27. The van der Waals surface area contributed by atoms with Gasteiger partial charge in [0.05, 0.1) is 5.56 Å². The molecule has 0 saturated carbocycles. The first-order valence-corrected chi connectivity index (χ1v) is 5.67. The molecule has 1 aliphatic carbocycles. The highest BCUT2D eigenvalue weighted by Crippen LogP contribution is 2.24. The van der Waals surface area contributed by atoms with Gasteiger partial charge in [-0.15, -0.1) is 0 Å². The normalized spacial score (nSPS) is 13.4. The third-order valence-electron chi connectivity index (χ3n) is 2.42. The first-order chi connectivity index (χ1) is 8.74. The molecule has 0 saturated heterocycles. The molecule has 0 aliphatic heterocycles. The van der Waals surface area contributed by atoms with Crippen LogP contribution in [0.5, 0.6) is 5.75 Å². The van der Waals surface area contributed by atoms with Crippen molar-refractivity contribution in [3.63, 3.8) is 0 Å². The van der Waals surface area contributed by atoms with Gasteiger partial charge in [-0.25, -0.2) is 0 Å². The second-order valence-electron chi connectivity index (χ2n) is 3.61. The highest BCUT2D eigenvalue weighted by molar-refractivity contribution is 7.80. The molecule has 0 amide bonds. The molecule has 1 aromatic rings. The molecule has 3 nitrogen and oxygen atoms in total. The predicted octanol–water partition coefficient (Wildman–Crippen LogP) is 3.02. The van der Waals surface area contributed by atoms with Crippen LogP contribution in [0.3, 0.4) is 0 Å². The number of hydrogen-bond donors (Lipinski definition) is 0. The van der Waals surface area contributed by atoms with Gasteiger partial charge in [0.1, 0.15) is 29.2 Å². The molecule has 18 heavy (non-hydrogen) atoms. The van der Waals surface area contributed by atoms with Crippen molar-refractivity contribution in [2.75, 3.05) is 0 Å². The number of hydrogen-bond acceptors (Lipinski definition) is 4. The van der Waals surface area contributed by atoms with Gasteiger partial charge in [0, 0.05) is 11.3 Å². The Kier molecular flexibility index (Phi) is 3.52. The van der Waals surface area contributed by atoms with Crippen LogP contribution < -0.4 is 4.74 Å². The van der Waals surface area contributed by atoms with E-state index in [0.717, 1.165) is 4.86 Å². The molecular weight excluding hydrogens is 244 g/mol. The molecule has 4 heteroatoms. The Balaban J connectivity index is 2.31. The quantitative estimate of drug-likeness (QED) is 0.759. The van der Waals surface area contributed by atoms with E-state index in [-0.39, 0.29) is 5.56 Å². The average molecular weight is 252 g/mol. The Bertz CT molecular complexity index is 645. The maximum atomic E-state index is 9.06. The minimum Gasteiger partial charge on any atom is -0.456 e. The monoisotopic (exact) mass is 252 g/mol. The number of nitriles is 2. The molecule has 1 aromatic carbocycles. The van der Waals surface area contributed by atoms with E-state index in [1.54, 1.807) is 30.4 Å². The Labute approximate surface area is 110 Å². The van der Waals surface area contributed by atoms with Gasteiger partial charge in [0.15, 0.2) is 0 Å². The molecular formula is C14H8N2OS. The zero-order valence-corrected chi connectivity index (χ0v) is 10.2. The standard InChI is InChI=1S/C14H8N2OS/c15-8-10-2-1-3-14(13(10)9-16)17-11-4-6-12(18)7-5-11/h1-6H,7H2. The molecule has 0 fully saturated rings. The van der Waals surface area contributed by atoms with Crippen molar-refractivity contribution >= 4 is 17.1 Å². The lowest BCUT2D eigenvalue weighted by Gasteiger charge is -2.11. The fourth-order valence-corrected chi connectivity index (χ4v) is 1.69. The first kappa shape index (κ1) is 12.0. The SMILES string of the molecule is N#Cc1cccc(OC2=CCC(=S)C=C2)c1C#N. The van der Waals surface area contributed by atoms with Gasteiger partial charge >= 0.3 is 0 Å². The summed E-state index contributed by atoms with van der Waals surface area (Å²) in [6.07, 6.45) is 6.06. The number of ether oxygens (including phenoxy) is 1. The molecule has 86 valence electrons. The highest BCUT2D eigenvalue weighted by Gasteiger charge is 2.11. The summed E-state index contributed by atoms with van der Waals surface area (Å²) in [6.45, 7) is 0. The van der Waals surface area contributed by atoms with Crippen LogP contribution in [0, 0.1) is 22.7 Å². The molecule has 2 rings (SSSR count). The molecule has 0 atom stereocenters. The highest BCUT2D eigenvalue weighted by atomic mass is 32.1. The lowest BCUT2D eigenvalue weighted by Crippen LogP contribution is -2.01. The molecule has 0 N–H and O–H groups in total. The van der Waals surface area contributed by atoms with Crippen molar-refractivity contribution < 1.29 is 4.74 Å². The van der Waals surface area contributed by atoms with Gasteiger partial charge in [-0.05, 0) is 30.4 Å². The molecule has 0 heterocycles. The van der Waals surface area contributed by atoms with Crippen molar-refractivity contribution in [2.24, 2.45) is 0 Å².